The molecule has 0 atom stereocenters. The highest BCUT2D eigenvalue weighted by Gasteiger charge is 2.14. The predicted octanol–water partition coefficient (Wildman–Crippen LogP) is 4.02. The van der Waals surface area contributed by atoms with Gasteiger partial charge in [-0.2, -0.15) is 0 Å². The summed E-state index contributed by atoms with van der Waals surface area (Å²) in [7, 11) is 1.54. The number of hydrogen-bond acceptors (Lipinski definition) is 4. The van der Waals surface area contributed by atoms with Crippen molar-refractivity contribution in [2.75, 3.05) is 12.4 Å². The first-order chi connectivity index (χ1) is 11.5. The number of nitrogens with one attached hydrogen (secondary N) is 1. The molecule has 0 spiro atoms. The molecule has 0 unspecified atom stereocenters. The molecule has 1 amide bonds. The largest absolute Gasteiger partial charge is 0.497 e. The minimum atomic E-state index is -0.705. The molecule has 1 N–H and O–H groups in total. The molecule has 2 aromatic carbocycles. The summed E-state index contributed by atoms with van der Waals surface area (Å²) in [4.78, 5) is 24.4. The lowest BCUT2D eigenvalue weighted by Crippen LogP contribution is -2.20. The molecule has 0 aliphatic carbocycles. The highest BCUT2D eigenvalue weighted by Crippen LogP contribution is 2.22. The van der Waals surface area contributed by atoms with Gasteiger partial charge in [0.1, 0.15) is 16.9 Å². The van der Waals surface area contributed by atoms with Crippen molar-refractivity contribution in [2.45, 2.75) is 6.92 Å². The number of hydrogen-bond donors (Lipinski definition) is 1. The molecule has 0 saturated carbocycles. The van der Waals surface area contributed by atoms with Crippen LogP contribution < -0.4 is 15.7 Å². The average molecular weight is 344 g/mol. The van der Waals surface area contributed by atoms with Crippen molar-refractivity contribution in [1.82, 2.24) is 0 Å². The van der Waals surface area contributed by atoms with Gasteiger partial charge in [0.25, 0.3) is 5.91 Å². The van der Waals surface area contributed by atoms with Crippen molar-refractivity contribution in [3.8, 4) is 5.75 Å². The fraction of sp³-hybridized carbons (Fsp3) is 0.111. The molecule has 1 aromatic heterocycles. The van der Waals surface area contributed by atoms with Crippen LogP contribution in [0.5, 0.6) is 5.75 Å². The molecular formula is C18H14ClNO4. The van der Waals surface area contributed by atoms with Gasteiger partial charge in [0.15, 0.2) is 0 Å². The van der Waals surface area contributed by atoms with E-state index in [1.54, 1.807) is 36.4 Å². The van der Waals surface area contributed by atoms with E-state index in [9.17, 15) is 9.59 Å². The van der Waals surface area contributed by atoms with Gasteiger partial charge in [-0.25, -0.2) is 4.79 Å². The van der Waals surface area contributed by atoms with Crippen molar-refractivity contribution in [1.29, 1.82) is 0 Å². The number of fused-ring (bicyclic) bond motifs is 1. The van der Waals surface area contributed by atoms with Crippen LogP contribution >= 0.6 is 11.6 Å². The van der Waals surface area contributed by atoms with Gasteiger partial charge < -0.3 is 14.5 Å². The third-order valence-electron chi connectivity index (χ3n) is 3.61. The quantitative estimate of drug-likeness (QED) is 0.729. The van der Waals surface area contributed by atoms with Gasteiger partial charge in [-0.05, 0) is 48.9 Å². The highest BCUT2D eigenvalue weighted by atomic mass is 35.5. The molecule has 1 heterocycles. The van der Waals surface area contributed by atoms with Crippen LogP contribution in [0.25, 0.3) is 11.0 Å². The van der Waals surface area contributed by atoms with Crippen LogP contribution in [0.3, 0.4) is 0 Å². The minimum absolute atomic E-state index is 0.0903. The van der Waals surface area contributed by atoms with Crippen LogP contribution in [0.1, 0.15) is 15.9 Å². The van der Waals surface area contributed by atoms with E-state index in [1.807, 2.05) is 6.92 Å². The molecule has 3 aromatic rings. The van der Waals surface area contributed by atoms with Crippen LogP contribution in [-0.2, 0) is 0 Å². The normalized spacial score (nSPS) is 10.6. The molecule has 5 nitrogen and oxygen atoms in total. The maximum atomic E-state index is 12.4. The number of methoxy groups -OCH3 is 1. The summed E-state index contributed by atoms with van der Waals surface area (Å²) in [5.41, 5.74) is 0.985. The Morgan fingerprint density at radius 3 is 2.67 bits per heavy atom. The molecule has 3 rings (SSSR count). The standard InChI is InChI=1S/C18H14ClNO4/c1-10-3-4-12(9-15(10)19)20-17(21)14-8-11-7-13(23-2)5-6-16(11)24-18(14)22/h3-9H,1-2H3,(H,20,21). The van der Waals surface area contributed by atoms with Crippen LogP contribution in [0.4, 0.5) is 5.69 Å². The van der Waals surface area contributed by atoms with Gasteiger partial charge in [0, 0.05) is 16.1 Å². The van der Waals surface area contributed by atoms with Gasteiger partial charge in [0.2, 0.25) is 0 Å². The van der Waals surface area contributed by atoms with Crippen LogP contribution in [0, 0.1) is 6.92 Å². The average Bonchev–Trinajstić information content (AvgIpc) is 2.57. The molecule has 0 aliphatic heterocycles. The highest BCUT2D eigenvalue weighted by molar-refractivity contribution is 6.31. The van der Waals surface area contributed by atoms with E-state index < -0.39 is 11.5 Å². The van der Waals surface area contributed by atoms with Gasteiger partial charge in [-0.1, -0.05) is 17.7 Å². The van der Waals surface area contributed by atoms with Gasteiger partial charge in [0.05, 0.1) is 7.11 Å². The number of halogens is 1. The Morgan fingerprint density at radius 1 is 1.17 bits per heavy atom. The number of anilines is 1. The zero-order chi connectivity index (χ0) is 17.3. The molecule has 0 radical (unpaired) electrons. The predicted molar refractivity (Wildman–Crippen MR) is 93.2 cm³/mol. The summed E-state index contributed by atoms with van der Waals surface area (Å²) >= 11 is 6.04. The zero-order valence-electron chi connectivity index (χ0n) is 13.1. The van der Waals surface area contributed by atoms with Crippen molar-refractivity contribution in [3.63, 3.8) is 0 Å². The Kier molecular flexibility index (Phi) is 4.27. The fourth-order valence-corrected chi connectivity index (χ4v) is 2.44. The Hall–Kier alpha value is -2.79. The summed E-state index contributed by atoms with van der Waals surface area (Å²) < 4.78 is 10.3. The zero-order valence-corrected chi connectivity index (χ0v) is 13.8. The van der Waals surface area contributed by atoms with E-state index in [2.05, 4.69) is 5.32 Å². The molecule has 6 heteroatoms. The monoisotopic (exact) mass is 343 g/mol. The molecule has 0 bridgehead atoms. The second-order valence-corrected chi connectivity index (χ2v) is 5.68. The van der Waals surface area contributed by atoms with Gasteiger partial charge >= 0.3 is 5.63 Å². The minimum Gasteiger partial charge on any atom is -0.497 e. The summed E-state index contributed by atoms with van der Waals surface area (Å²) in [5, 5.41) is 3.77. The Balaban J connectivity index is 1.97. The van der Waals surface area contributed by atoms with E-state index in [-0.39, 0.29) is 5.56 Å². The first kappa shape index (κ1) is 16.1. The third kappa shape index (κ3) is 3.12. The number of carbonyl (C=O) groups excluding carboxylic acids is 1. The van der Waals surface area contributed by atoms with Crippen molar-refractivity contribution < 1.29 is 13.9 Å². The van der Waals surface area contributed by atoms with E-state index in [4.69, 9.17) is 20.8 Å². The SMILES string of the molecule is COc1ccc2oc(=O)c(C(=O)Nc3ccc(C)c(Cl)c3)cc2c1. The number of carbonyl (C=O) groups is 1. The molecule has 122 valence electrons. The van der Waals surface area contributed by atoms with E-state index in [0.717, 1.165) is 5.56 Å². The Bertz CT molecular complexity index is 994. The van der Waals surface area contributed by atoms with Crippen molar-refractivity contribution in [3.05, 3.63) is 69.0 Å². The van der Waals surface area contributed by atoms with Crippen LogP contribution in [0.2, 0.25) is 5.02 Å². The number of benzene rings is 2. The first-order valence-electron chi connectivity index (χ1n) is 7.17. The molecule has 0 aliphatic rings. The van der Waals surface area contributed by atoms with E-state index in [1.165, 1.54) is 13.2 Å². The van der Waals surface area contributed by atoms with Crippen LogP contribution in [-0.4, -0.2) is 13.0 Å². The van der Waals surface area contributed by atoms with Gasteiger partial charge in [-0.15, -0.1) is 0 Å². The molecule has 24 heavy (non-hydrogen) atoms. The topological polar surface area (TPSA) is 68.5 Å². The summed E-state index contributed by atoms with van der Waals surface area (Å²) in [6, 6.07) is 11.6. The smallest absolute Gasteiger partial charge is 0.349 e. The molecule has 0 saturated heterocycles. The number of ether oxygens (including phenoxy) is 1. The summed E-state index contributed by atoms with van der Waals surface area (Å²) in [6.07, 6.45) is 0. The number of aryl methyl sites for hydroxylation is 1. The first-order valence-corrected chi connectivity index (χ1v) is 7.55. The number of amides is 1. The Labute approximate surface area is 142 Å². The third-order valence-corrected chi connectivity index (χ3v) is 4.02. The second-order valence-electron chi connectivity index (χ2n) is 5.27. The van der Waals surface area contributed by atoms with E-state index >= 15 is 0 Å². The lowest BCUT2D eigenvalue weighted by atomic mass is 10.1. The van der Waals surface area contributed by atoms with Crippen molar-refractivity contribution in [2.24, 2.45) is 0 Å². The van der Waals surface area contributed by atoms with Crippen LogP contribution in [0.15, 0.2) is 51.7 Å². The van der Waals surface area contributed by atoms with Crippen molar-refractivity contribution >= 4 is 34.2 Å². The van der Waals surface area contributed by atoms with Gasteiger partial charge in [-0.3, -0.25) is 4.79 Å². The lowest BCUT2D eigenvalue weighted by Gasteiger charge is -2.07. The lowest BCUT2D eigenvalue weighted by molar-refractivity contribution is 0.102. The van der Waals surface area contributed by atoms with E-state index in [0.29, 0.717) is 27.4 Å². The molecule has 0 fully saturated rings. The molecular weight excluding hydrogens is 330 g/mol. The summed E-state index contributed by atoms with van der Waals surface area (Å²) in [5.74, 6) is 0.0430. The number of rotatable bonds is 3. The second kappa shape index (κ2) is 6.37. The fourth-order valence-electron chi connectivity index (χ4n) is 2.26. The maximum absolute atomic E-state index is 12.4. The maximum Gasteiger partial charge on any atom is 0.349 e. The summed E-state index contributed by atoms with van der Waals surface area (Å²) in [6.45, 7) is 1.86. The Morgan fingerprint density at radius 2 is 1.96 bits per heavy atom.